The van der Waals surface area contributed by atoms with Gasteiger partial charge in [0.2, 0.25) is 0 Å². The average molecular weight is 272 g/mol. The van der Waals surface area contributed by atoms with Crippen molar-refractivity contribution < 1.29 is 0 Å². The summed E-state index contributed by atoms with van der Waals surface area (Å²) in [7, 11) is 0. The summed E-state index contributed by atoms with van der Waals surface area (Å²) >= 11 is 0. The fraction of sp³-hybridized carbons (Fsp3) is 0.500. The first-order chi connectivity index (χ1) is 9.83. The Balaban J connectivity index is 2.01. The molecule has 0 atom stereocenters. The molecule has 0 fully saturated rings. The number of aromatic nitrogens is 3. The number of pyridine rings is 1. The molecule has 0 aliphatic heterocycles. The van der Waals surface area contributed by atoms with E-state index in [1.54, 1.807) is 0 Å². The van der Waals surface area contributed by atoms with E-state index in [1.807, 2.05) is 12.4 Å². The molecule has 20 heavy (non-hydrogen) atoms. The van der Waals surface area contributed by atoms with Gasteiger partial charge in [0.05, 0.1) is 17.9 Å². The van der Waals surface area contributed by atoms with Gasteiger partial charge >= 0.3 is 0 Å². The van der Waals surface area contributed by atoms with Gasteiger partial charge < -0.3 is 9.88 Å². The summed E-state index contributed by atoms with van der Waals surface area (Å²) in [5, 5.41) is 3.39. The van der Waals surface area contributed by atoms with Crippen molar-refractivity contribution >= 4 is 0 Å². The zero-order valence-corrected chi connectivity index (χ0v) is 12.5. The van der Waals surface area contributed by atoms with E-state index in [0.717, 1.165) is 56.1 Å². The van der Waals surface area contributed by atoms with Crippen LogP contribution in [-0.2, 0) is 19.5 Å². The van der Waals surface area contributed by atoms with Crippen LogP contribution in [0.15, 0.2) is 30.6 Å². The van der Waals surface area contributed by atoms with Crippen molar-refractivity contribution in [3.63, 3.8) is 0 Å². The van der Waals surface area contributed by atoms with Crippen LogP contribution in [0.5, 0.6) is 0 Å². The van der Waals surface area contributed by atoms with Crippen LogP contribution in [0.2, 0.25) is 0 Å². The number of aryl methyl sites for hydroxylation is 1. The van der Waals surface area contributed by atoms with Crippen LogP contribution in [-0.4, -0.2) is 21.1 Å². The molecular weight excluding hydrogens is 248 g/mol. The molecule has 0 saturated heterocycles. The first-order valence-corrected chi connectivity index (χ1v) is 7.49. The van der Waals surface area contributed by atoms with Crippen molar-refractivity contribution in [3.8, 4) is 0 Å². The van der Waals surface area contributed by atoms with Crippen LogP contribution < -0.4 is 5.32 Å². The molecule has 0 saturated carbocycles. The Morgan fingerprint density at radius 1 is 1.15 bits per heavy atom. The van der Waals surface area contributed by atoms with Crippen LogP contribution in [0, 0.1) is 0 Å². The number of imidazole rings is 1. The molecular formula is C16H24N4. The third-order valence-corrected chi connectivity index (χ3v) is 3.20. The first kappa shape index (κ1) is 14.7. The maximum Gasteiger partial charge on any atom is 0.108 e. The molecule has 4 heteroatoms. The number of rotatable bonds is 8. The minimum atomic E-state index is 0.803. The lowest BCUT2D eigenvalue weighted by Crippen LogP contribution is -2.15. The van der Waals surface area contributed by atoms with Crippen molar-refractivity contribution in [2.75, 3.05) is 6.54 Å². The first-order valence-electron chi connectivity index (χ1n) is 7.49. The Kier molecular flexibility index (Phi) is 5.74. The van der Waals surface area contributed by atoms with Gasteiger partial charge in [0.1, 0.15) is 5.82 Å². The second-order valence-electron chi connectivity index (χ2n) is 5.02. The molecule has 2 aromatic heterocycles. The summed E-state index contributed by atoms with van der Waals surface area (Å²) in [6, 6.07) is 6.24. The fourth-order valence-electron chi connectivity index (χ4n) is 2.22. The van der Waals surface area contributed by atoms with Gasteiger partial charge in [-0.15, -0.1) is 0 Å². The summed E-state index contributed by atoms with van der Waals surface area (Å²) in [4.78, 5) is 9.12. The van der Waals surface area contributed by atoms with Crippen molar-refractivity contribution in [2.45, 2.75) is 46.2 Å². The van der Waals surface area contributed by atoms with E-state index in [4.69, 9.17) is 4.98 Å². The number of nitrogens with one attached hydrogen (secondary N) is 1. The van der Waals surface area contributed by atoms with Crippen molar-refractivity contribution in [2.24, 2.45) is 0 Å². The molecule has 2 aromatic rings. The molecule has 0 unspecified atom stereocenters. The third-order valence-electron chi connectivity index (χ3n) is 3.20. The lowest BCUT2D eigenvalue weighted by molar-refractivity contribution is 0.653. The van der Waals surface area contributed by atoms with Gasteiger partial charge in [-0.05, 0) is 31.5 Å². The molecule has 0 spiro atoms. The van der Waals surface area contributed by atoms with E-state index in [2.05, 4.69) is 46.9 Å². The SMILES string of the molecule is CCCNCc1cccc(Cn2ccnc2CCC)n1. The zero-order valence-electron chi connectivity index (χ0n) is 12.5. The normalized spacial score (nSPS) is 10.9. The maximum atomic E-state index is 4.71. The van der Waals surface area contributed by atoms with E-state index < -0.39 is 0 Å². The van der Waals surface area contributed by atoms with Gasteiger partial charge in [-0.1, -0.05) is 19.9 Å². The monoisotopic (exact) mass is 272 g/mol. The summed E-state index contributed by atoms with van der Waals surface area (Å²) in [5.41, 5.74) is 2.20. The van der Waals surface area contributed by atoms with Crippen molar-refractivity contribution in [1.29, 1.82) is 0 Å². The minimum absolute atomic E-state index is 0.803. The van der Waals surface area contributed by atoms with Gasteiger partial charge in [-0.2, -0.15) is 0 Å². The predicted molar refractivity (Wildman–Crippen MR) is 81.6 cm³/mol. The second-order valence-corrected chi connectivity index (χ2v) is 5.02. The molecule has 4 nitrogen and oxygen atoms in total. The van der Waals surface area contributed by atoms with Crippen LogP contribution in [0.3, 0.4) is 0 Å². The van der Waals surface area contributed by atoms with Gasteiger partial charge in [0, 0.05) is 25.4 Å². The standard InChI is InChI=1S/C16H24N4/c1-3-6-16-18-10-11-20(16)13-15-8-5-7-14(19-15)12-17-9-4-2/h5,7-8,10-11,17H,3-4,6,9,12-13H2,1-2H3. The van der Waals surface area contributed by atoms with Crippen LogP contribution in [0.4, 0.5) is 0 Å². The fourth-order valence-corrected chi connectivity index (χ4v) is 2.22. The summed E-state index contributed by atoms with van der Waals surface area (Å²) in [6.07, 6.45) is 7.19. The van der Waals surface area contributed by atoms with Gasteiger partial charge in [-0.25, -0.2) is 4.98 Å². The van der Waals surface area contributed by atoms with Crippen LogP contribution in [0.1, 0.15) is 43.9 Å². The smallest absolute Gasteiger partial charge is 0.108 e. The summed E-state index contributed by atoms with van der Waals surface area (Å²) in [5.74, 6) is 1.14. The molecule has 2 heterocycles. The van der Waals surface area contributed by atoms with E-state index >= 15 is 0 Å². The molecule has 0 bridgehead atoms. The van der Waals surface area contributed by atoms with Gasteiger partial charge in [0.25, 0.3) is 0 Å². The van der Waals surface area contributed by atoms with Crippen LogP contribution in [0.25, 0.3) is 0 Å². The molecule has 108 valence electrons. The number of hydrogen-bond acceptors (Lipinski definition) is 3. The van der Waals surface area contributed by atoms with Gasteiger partial charge in [-0.3, -0.25) is 4.98 Å². The lowest BCUT2D eigenvalue weighted by Gasteiger charge is -2.08. The van der Waals surface area contributed by atoms with Crippen molar-refractivity contribution in [1.82, 2.24) is 19.9 Å². The Bertz CT molecular complexity index is 519. The quantitative estimate of drug-likeness (QED) is 0.751. The number of nitrogens with zero attached hydrogens (tertiary/aromatic N) is 3. The summed E-state index contributed by atoms with van der Waals surface area (Å²) in [6.45, 7) is 7.03. The van der Waals surface area contributed by atoms with Gasteiger partial charge in [0.15, 0.2) is 0 Å². The predicted octanol–water partition coefficient (Wildman–Crippen LogP) is 2.78. The Morgan fingerprint density at radius 3 is 2.80 bits per heavy atom. The molecule has 0 amide bonds. The zero-order chi connectivity index (χ0) is 14.2. The highest BCUT2D eigenvalue weighted by atomic mass is 15.1. The lowest BCUT2D eigenvalue weighted by atomic mass is 10.2. The maximum absolute atomic E-state index is 4.71. The van der Waals surface area contributed by atoms with E-state index in [9.17, 15) is 0 Å². The number of hydrogen-bond donors (Lipinski definition) is 1. The highest BCUT2D eigenvalue weighted by Crippen LogP contribution is 2.06. The Hall–Kier alpha value is -1.68. The Labute approximate surface area is 121 Å². The molecule has 0 radical (unpaired) electrons. The van der Waals surface area contributed by atoms with E-state index in [1.165, 1.54) is 0 Å². The highest BCUT2D eigenvalue weighted by Gasteiger charge is 2.04. The third kappa shape index (κ3) is 4.17. The van der Waals surface area contributed by atoms with Crippen molar-refractivity contribution in [3.05, 3.63) is 47.8 Å². The van der Waals surface area contributed by atoms with Crippen LogP contribution >= 0.6 is 0 Å². The minimum Gasteiger partial charge on any atom is -0.329 e. The topological polar surface area (TPSA) is 42.7 Å². The largest absolute Gasteiger partial charge is 0.329 e. The summed E-state index contributed by atoms with van der Waals surface area (Å²) < 4.78 is 2.19. The molecule has 0 aliphatic rings. The van der Waals surface area contributed by atoms with E-state index in [0.29, 0.717) is 0 Å². The second kappa shape index (κ2) is 7.80. The average Bonchev–Trinajstić information content (AvgIpc) is 2.87. The van der Waals surface area contributed by atoms with E-state index in [-0.39, 0.29) is 0 Å². The molecule has 1 N–H and O–H groups in total. The molecule has 0 aliphatic carbocycles. The molecule has 0 aromatic carbocycles. The molecule has 2 rings (SSSR count). The Morgan fingerprint density at radius 2 is 2.00 bits per heavy atom. The highest BCUT2D eigenvalue weighted by molar-refractivity contribution is 5.12.